The van der Waals surface area contributed by atoms with Gasteiger partial charge in [-0.25, -0.2) is 0 Å². The van der Waals surface area contributed by atoms with Gasteiger partial charge in [0.15, 0.2) is 0 Å². The molecule has 0 spiro atoms. The summed E-state index contributed by atoms with van der Waals surface area (Å²) in [5.74, 6) is 0.186. The molecule has 78 valence electrons. The van der Waals surface area contributed by atoms with Gasteiger partial charge in [-0.1, -0.05) is 12.1 Å². The van der Waals surface area contributed by atoms with Crippen molar-refractivity contribution < 1.29 is 0 Å². The first-order valence-electron chi connectivity index (χ1n) is 5.52. The highest BCUT2D eigenvalue weighted by atomic mass is 14.9. The molecule has 2 atom stereocenters. The Hall–Kier alpha value is -1.49. The number of nitrogens with one attached hydrogen (secondary N) is 1. The molecule has 1 aliphatic rings. The van der Waals surface area contributed by atoms with E-state index in [1.807, 2.05) is 6.07 Å². The molecule has 0 aliphatic heterocycles. The van der Waals surface area contributed by atoms with Crippen LogP contribution in [0.5, 0.6) is 0 Å². The van der Waals surface area contributed by atoms with E-state index in [-0.39, 0.29) is 5.92 Å². The molecule has 2 unspecified atom stereocenters. The van der Waals surface area contributed by atoms with Crippen LogP contribution in [-0.2, 0) is 0 Å². The minimum absolute atomic E-state index is 0.186. The molecule has 0 radical (unpaired) electrons. The van der Waals surface area contributed by atoms with Gasteiger partial charge in [-0.05, 0) is 43.9 Å². The molecule has 2 rings (SSSR count). The molecule has 0 aromatic heterocycles. The summed E-state index contributed by atoms with van der Waals surface area (Å²) >= 11 is 0. The van der Waals surface area contributed by atoms with Crippen molar-refractivity contribution in [1.29, 1.82) is 5.26 Å². The van der Waals surface area contributed by atoms with Crippen molar-refractivity contribution in [2.75, 3.05) is 5.32 Å². The zero-order valence-corrected chi connectivity index (χ0v) is 9.03. The fourth-order valence-corrected chi connectivity index (χ4v) is 2.24. The number of nitriles is 1. The third-order valence-corrected chi connectivity index (χ3v) is 3.05. The Morgan fingerprint density at radius 1 is 1.40 bits per heavy atom. The molecule has 2 heteroatoms. The first-order valence-corrected chi connectivity index (χ1v) is 5.52. The van der Waals surface area contributed by atoms with Gasteiger partial charge < -0.3 is 5.32 Å². The average Bonchev–Trinajstić information content (AvgIpc) is 2.65. The van der Waals surface area contributed by atoms with Crippen molar-refractivity contribution in [3.8, 4) is 6.07 Å². The maximum atomic E-state index is 8.98. The molecular weight excluding hydrogens is 184 g/mol. The van der Waals surface area contributed by atoms with Gasteiger partial charge in [0.1, 0.15) is 0 Å². The number of hydrogen-bond donors (Lipinski definition) is 1. The van der Waals surface area contributed by atoms with Gasteiger partial charge in [0.2, 0.25) is 0 Å². The summed E-state index contributed by atoms with van der Waals surface area (Å²) in [7, 11) is 0. The third kappa shape index (κ3) is 2.30. The predicted molar refractivity (Wildman–Crippen MR) is 61.5 cm³/mol. The fraction of sp³-hybridized carbons (Fsp3) is 0.462. The van der Waals surface area contributed by atoms with E-state index < -0.39 is 0 Å². The molecule has 0 bridgehead atoms. The van der Waals surface area contributed by atoms with Gasteiger partial charge in [-0.2, -0.15) is 5.26 Å². The number of aryl methyl sites for hydroxylation is 1. The smallest absolute Gasteiger partial charge is 0.0677 e. The van der Waals surface area contributed by atoms with E-state index in [1.165, 1.54) is 12.0 Å². The Morgan fingerprint density at radius 2 is 2.27 bits per heavy atom. The number of benzene rings is 1. The standard InChI is InChI=1S/C13H16N2/c1-10-4-2-6-12(8-10)15-13-7-3-5-11(13)9-14/h2,4,6,8,11,13,15H,3,5,7H2,1H3. The summed E-state index contributed by atoms with van der Waals surface area (Å²) in [5, 5.41) is 12.4. The molecule has 1 aliphatic carbocycles. The van der Waals surface area contributed by atoms with E-state index in [1.54, 1.807) is 0 Å². The van der Waals surface area contributed by atoms with Crippen LogP contribution in [0.15, 0.2) is 24.3 Å². The fourth-order valence-electron chi connectivity index (χ4n) is 2.24. The first-order chi connectivity index (χ1) is 7.29. The Kier molecular flexibility index (Phi) is 2.91. The zero-order valence-electron chi connectivity index (χ0n) is 9.03. The lowest BCUT2D eigenvalue weighted by Crippen LogP contribution is -2.22. The second-order valence-electron chi connectivity index (χ2n) is 4.29. The highest BCUT2D eigenvalue weighted by molar-refractivity contribution is 5.46. The second-order valence-corrected chi connectivity index (χ2v) is 4.29. The van der Waals surface area contributed by atoms with E-state index >= 15 is 0 Å². The quantitative estimate of drug-likeness (QED) is 0.796. The van der Waals surface area contributed by atoms with Gasteiger partial charge in [0, 0.05) is 11.7 Å². The summed E-state index contributed by atoms with van der Waals surface area (Å²) in [4.78, 5) is 0. The largest absolute Gasteiger partial charge is 0.381 e. The molecule has 1 aromatic rings. The Labute approximate surface area is 90.9 Å². The van der Waals surface area contributed by atoms with Crippen LogP contribution in [0.25, 0.3) is 0 Å². The number of hydrogen-bond acceptors (Lipinski definition) is 2. The second kappa shape index (κ2) is 4.35. The molecule has 1 N–H and O–H groups in total. The van der Waals surface area contributed by atoms with Crippen molar-refractivity contribution in [3.63, 3.8) is 0 Å². The van der Waals surface area contributed by atoms with Crippen LogP contribution in [0.4, 0.5) is 5.69 Å². The lowest BCUT2D eigenvalue weighted by atomic mass is 10.1. The van der Waals surface area contributed by atoms with E-state index in [9.17, 15) is 0 Å². The van der Waals surface area contributed by atoms with Gasteiger partial charge in [-0.3, -0.25) is 0 Å². The lowest BCUT2D eigenvalue weighted by Gasteiger charge is -2.17. The summed E-state index contributed by atoms with van der Waals surface area (Å²) in [6, 6.07) is 11.1. The Bertz CT molecular complexity index is 378. The van der Waals surface area contributed by atoms with Crippen LogP contribution in [0.2, 0.25) is 0 Å². The monoisotopic (exact) mass is 200 g/mol. The Morgan fingerprint density at radius 3 is 3.00 bits per heavy atom. The van der Waals surface area contributed by atoms with E-state index in [4.69, 9.17) is 5.26 Å². The summed E-state index contributed by atoms with van der Waals surface area (Å²) in [6.07, 6.45) is 3.33. The minimum atomic E-state index is 0.186. The van der Waals surface area contributed by atoms with Gasteiger partial charge in [0.05, 0.1) is 12.0 Å². The van der Waals surface area contributed by atoms with Gasteiger partial charge >= 0.3 is 0 Å². The topological polar surface area (TPSA) is 35.8 Å². The maximum Gasteiger partial charge on any atom is 0.0677 e. The molecule has 2 nitrogen and oxygen atoms in total. The molecule has 0 saturated heterocycles. The van der Waals surface area contributed by atoms with Gasteiger partial charge in [-0.15, -0.1) is 0 Å². The summed E-state index contributed by atoms with van der Waals surface area (Å²) in [5.41, 5.74) is 2.40. The van der Waals surface area contributed by atoms with Crippen molar-refractivity contribution in [1.82, 2.24) is 0 Å². The van der Waals surface area contributed by atoms with Crippen molar-refractivity contribution in [3.05, 3.63) is 29.8 Å². The molecule has 1 fully saturated rings. The number of rotatable bonds is 2. The van der Waals surface area contributed by atoms with Crippen LogP contribution < -0.4 is 5.32 Å². The predicted octanol–water partition coefficient (Wildman–Crippen LogP) is 3.10. The van der Waals surface area contributed by atoms with Crippen molar-refractivity contribution >= 4 is 5.69 Å². The molecule has 15 heavy (non-hydrogen) atoms. The third-order valence-electron chi connectivity index (χ3n) is 3.05. The van der Waals surface area contributed by atoms with E-state index in [0.29, 0.717) is 6.04 Å². The van der Waals surface area contributed by atoms with Crippen LogP contribution in [0.3, 0.4) is 0 Å². The van der Waals surface area contributed by atoms with E-state index in [0.717, 1.165) is 18.5 Å². The van der Waals surface area contributed by atoms with Crippen molar-refractivity contribution in [2.24, 2.45) is 5.92 Å². The number of nitrogens with zero attached hydrogens (tertiary/aromatic N) is 1. The molecule has 0 heterocycles. The van der Waals surface area contributed by atoms with E-state index in [2.05, 4.69) is 36.5 Å². The minimum Gasteiger partial charge on any atom is -0.381 e. The van der Waals surface area contributed by atoms with Crippen molar-refractivity contribution in [2.45, 2.75) is 32.2 Å². The zero-order chi connectivity index (χ0) is 10.7. The SMILES string of the molecule is Cc1cccc(NC2CCCC2C#N)c1. The number of anilines is 1. The molecule has 1 aromatic carbocycles. The molecule has 0 amide bonds. The first kappa shape index (κ1) is 10.0. The average molecular weight is 200 g/mol. The molecule has 1 saturated carbocycles. The van der Waals surface area contributed by atoms with Crippen LogP contribution in [-0.4, -0.2) is 6.04 Å². The van der Waals surface area contributed by atoms with Gasteiger partial charge in [0.25, 0.3) is 0 Å². The molecular formula is C13H16N2. The highest BCUT2D eigenvalue weighted by Crippen LogP contribution is 2.28. The Balaban J connectivity index is 2.06. The highest BCUT2D eigenvalue weighted by Gasteiger charge is 2.26. The van der Waals surface area contributed by atoms with Crippen LogP contribution in [0, 0.1) is 24.2 Å². The lowest BCUT2D eigenvalue weighted by molar-refractivity contribution is 0.630. The summed E-state index contributed by atoms with van der Waals surface area (Å²) < 4.78 is 0. The van der Waals surface area contributed by atoms with Crippen LogP contribution >= 0.6 is 0 Å². The normalized spacial score (nSPS) is 24.8. The van der Waals surface area contributed by atoms with Crippen LogP contribution in [0.1, 0.15) is 24.8 Å². The maximum absolute atomic E-state index is 8.98. The summed E-state index contributed by atoms with van der Waals surface area (Å²) in [6.45, 7) is 2.08.